The zero-order valence-corrected chi connectivity index (χ0v) is 9.34. The molecule has 0 aromatic carbocycles. The number of carbonyl (C=O) groups is 1. The van der Waals surface area contributed by atoms with Gasteiger partial charge in [0.2, 0.25) is 10.0 Å². The van der Waals surface area contributed by atoms with Gasteiger partial charge in [-0.2, -0.15) is 4.31 Å². The highest BCUT2D eigenvalue weighted by Crippen LogP contribution is 2.27. The van der Waals surface area contributed by atoms with Crippen molar-refractivity contribution >= 4 is 16.0 Å². The van der Waals surface area contributed by atoms with Gasteiger partial charge in [0.1, 0.15) is 0 Å². The van der Waals surface area contributed by atoms with E-state index < -0.39 is 26.7 Å². The molecule has 0 aromatic rings. The second-order valence-electron chi connectivity index (χ2n) is 4.47. The Labute approximate surface area is 83.8 Å². The van der Waals surface area contributed by atoms with E-state index in [0.717, 1.165) is 0 Å². The van der Waals surface area contributed by atoms with E-state index in [4.69, 9.17) is 5.11 Å². The summed E-state index contributed by atoms with van der Waals surface area (Å²) in [5.74, 6) is -1.46. The molecule has 0 saturated carbocycles. The first-order valence-electron chi connectivity index (χ1n) is 4.39. The summed E-state index contributed by atoms with van der Waals surface area (Å²) < 4.78 is 23.8. The Morgan fingerprint density at radius 2 is 1.79 bits per heavy atom. The van der Waals surface area contributed by atoms with Crippen molar-refractivity contribution in [2.24, 2.45) is 5.92 Å². The molecular formula is C8H15NO4S. The predicted molar refractivity (Wildman–Crippen MR) is 51.4 cm³/mol. The molecule has 5 nitrogen and oxygen atoms in total. The number of nitrogens with zero attached hydrogens (tertiary/aromatic N) is 1. The van der Waals surface area contributed by atoms with Crippen LogP contribution in [0.2, 0.25) is 0 Å². The monoisotopic (exact) mass is 221 g/mol. The van der Waals surface area contributed by atoms with Gasteiger partial charge in [-0.25, -0.2) is 8.42 Å². The van der Waals surface area contributed by atoms with Crippen LogP contribution < -0.4 is 0 Å². The van der Waals surface area contributed by atoms with Gasteiger partial charge in [-0.15, -0.1) is 0 Å². The Morgan fingerprint density at radius 1 is 1.36 bits per heavy atom. The van der Waals surface area contributed by atoms with Crippen LogP contribution in [0.1, 0.15) is 20.8 Å². The minimum Gasteiger partial charge on any atom is -0.481 e. The third-order valence-electron chi connectivity index (χ3n) is 2.31. The molecular weight excluding hydrogens is 206 g/mol. The number of carboxylic acids is 1. The van der Waals surface area contributed by atoms with Gasteiger partial charge in [-0.05, 0) is 20.8 Å². The zero-order chi connectivity index (χ0) is 11.1. The number of aliphatic carboxylic acids is 1. The Bertz CT molecular complexity index is 335. The first-order chi connectivity index (χ1) is 6.16. The van der Waals surface area contributed by atoms with Gasteiger partial charge < -0.3 is 5.11 Å². The fourth-order valence-corrected chi connectivity index (χ4v) is 2.70. The van der Waals surface area contributed by atoms with Gasteiger partial charge in [0.15, 0.2) is 0 Å². The number of hydrogen-bond acceptors (Lipinski definition) is 3. The number of hydrogen-bond donors (Lipinski definition) is 1. The number of sulfonamides is 1. The van der Waals surface area contributed by atoms with Crippen molar-refractivity contribution < 1.29 is 18.3 Å². The van der Waals surface area contributed by atoms with E-state index in [1.165, 1.54) is 4.31 Å². The van der Waals surface area contributed by atoms with Crippen LogP contribution in [-0.2, 0) is 14.8 Å². The van der Waals surface area contributed by atoms with E-state index in [-0.39, 0.29) is 13.1 Å². The van der Waals surface area contributed by atoms with Gasteiger partial charge in [-0.1, -0.05) is 0 Å². The van der Waals surface area contributed by atoms with Crippen LogP contribution in [0, 0.1) is 5.92 Å². The lowest BCUT2D eigenvalue weighted by atomic mass is 10.0. The highest BCUT2D eigenvalue weighted by molar-refractivity contribution is 7.90. The fourth-order valence-electron chi connectivity index (χ4n) is 1.18. The van der Waals surface area contributed by atoms with Crippen molar-refractivity contribution in [1.29, 1.82) is 0 Å². The Hall–Kier alpha value is -0.620. The largest absolute Gasteiger partial charge is 0.481 e. The molecule has 1 saturated heterocycles. The third kappa shape index (κ3) is 1.76. The minimum atomic E-state index is -3.34. The lowest BCUT2D eigenvalue weighted by molar-refractivity contribution is -0.145. The summed E-state index contributed by atoms with van der Waals surface area (Å²) in [5, 5.41) is 8.60. The van der Waals surface area contributed by atoms with E-state index in [1.807, 2.05) is 0 Å². The summed E-state index contributed by atoms with van der Waals surface area (Å²) in [6.07, 6.45) is 0. The second kappa shape index (κ2) is 3.20. The maximum Gasteiger partial charge on any atom is 0.309 e. The fraction of sp³-hybridized carbons (Fsp3) is 0.875. The maximum atomic E-state index is 11.7. The molecule has 6 heteroatoms. The van der Waals surface area contributed by atoms with Crippen molar-refractivity contribution in [3.63, 3.8) is 0 Å². The van der Waals surface area contributed by atoms with Crippen LogP contribution >= 0.6 is 0 Å². The second-order valence-corrected chi connectivity index (χ2v) is 7.16. The van der Waals surface area contributed by atoms with Crippen LogP contribution in [0.15, 0.2) is 0 Å². The van der Waals surface area contributed by atoms with Gasteiger partial charge in [0.05, 0.1) is 10.7 Å². The lowest BCUT2D eigenvalue weighted by Crippen LogP contribution is -2.57. The maximum absolute atomic E-state index is 11.7. The molecule has 0 amide bonds. The van der Waals surface area contributed by atoms with Crippen molar-refractivity contribution in [1.82, 2.24) is 4.31 Å². The van der Waals surface area contributed by atoms with Crippen molar-refractivity contribution in [2.45, 2.75) is 25.5 Å². The summed E-state index contributed by atoms with van der Waals surface area (Å²) in [6, 6.07) is 0. The molecule has 0 spiro atoms. The van der Waals surface area contributed by atoms with Crippen LogP contribution in [-0.4, -0.2) is 41.6 Å². The molecule has 0 radical (unpaired) electrons. The molecule has 1 rings (SSSR count). The van der Waals surface area contributed by atoms with Crippen molar-refractivity contribution in [2.75, 3.05) is 13.1 Å². The molecule has 0 bridgehead atoms. The van der Waals surface area contributed by atoms with Gasteiger partial charge in [0.25, 0.3) is 0 Å². The molecule has 1 heterocycles. The quantitative estimate of drug-likeness (QED) is 0.719. The first-order valence-corrected chi connectivity index (χ1v) is 5.83. The number of rotatable bonds is 2. The molecule has 0 atom stereocenters. The normalized spacial score (nSPS) is 20.5. The molecule has 14 heavy (non-hydrogen) atoms. The summed E-state index contributed by atoms with van der Waals surface area (Å²) in [5.41, 5.74) is 0. The average Bonchev–Trinajstić information content (AvgIpc) is 1.77. The van der Waals surface area contributed by atoms with Crippen LogP contribution in [0.3, 0.4) is 0 Å². The Kier molecular flexibility index (Phi) is 2.62. The van der Waals surface area contributed by atoms with Crippen molar-refractivity contribution in [3.05, 3.63) is 0 Å². The van der Waals surface area contributed by atoms with E-state index in [9.17, 15) is 13.2 Å². The first kappa shape index (κ1) is 11.5. The molecule has 1 N–H and O–H groups in total. The van der Waals surface area contributed by atoms with Crippen LogP contribution in [0.5, 0.6) is 0 Å². The topological polar surface area (TPSA) is 74.7 Å². The van der Waals surface area contributed by atoms with E-state index in [2.05, 4.69) is 0 Å². The minimum absolute atomic E-state index is 0.106. The summed E-state index contributed by atoms with van der Waals surface area (Å²) in [7, 11) is -3.34. The molecule has 82 valence electrons. The molecule has 1 aliphatic rings. The van der Waals surface area contributed by atoms with Crippen LogP contribution in [0.4, 0.5) is 0 Å². The van der Waals surface area contributed by atoms with E-state index >= 15 is 0 Å². The summed E-state index contributed by atoms with van der Waals surface area (Å²) >= 11 is 0. The average molecular weight is 221 g/mol. The zero-order valence-electron chi connectivity index (χ0n) is 8.52. The number of carboxylic acid groups (broad SMARTS) is 1. The van der Waals surface area contributed by atoms with E-state index in [1.54, 1.807) is 20.8 Å². The molecule has 0 aromatic heterocycles. The standard InChI is InChI=1S/C8H15NO4S/c1-8(2,3)14(12,13)9-4-6(5-9)7(10)11/h6H,4-5H2,1-3H3,(H,10,11). The molecule has 0 unspecified atom stereocenters. The lowest BCUT2D eigenvalue weighted by Gasteiger charge is -2.39. The SMILES string of the molecule is CC(C)(C)S(=O)(=O)N1CC(C(=O)O)C1. The molecule has 0 aliphatic carbocycles. The Morgan fingerprint density at radius 3 is 2.07 bits per heavy atom. The van der Waals surface area contributed by atoms with Crippen LogP contribution in [0.25, 0.3) is 0 Å². The third-order valence-corrected chi connectivity index (χ3v) is 4.84. The molecule has 1 aliphatic heterocycles. The summed E-state index contributed by atoms with van der Waals surface area (Å²) in [4.78, 5) is 10.5. The predicted octanol–water partition coefficient (Wildman–Crippen LogP) is 0.131. The summed E-state index contributed by atoms with van der Waals surface area (Å²) in [6.45, 7) is 5.03. The highest BCUT2D eigenvalue weighted by Gasteiger charge is 2.44. The van der Waals surface area contributed by atoms with E-state index in [0.29, 0.717) is 0 Å². The van der Waals surface area contributed by atoms with Gasteiger partial charge in [-0.3, -0.25) is 4.79 Å². The highest BCUT2D eigenvalue weighted by atomic mass is 32.2. The van der Waals surface area contributed by atoms with Gasteiger partial charge >= 0.3 is 5.97 Å². The smallest absolute Gasteiger partial charge is 0.309 e. The Balaban J connectivity index is 2.69. The molecule has 1 fully saturated rings. The van der Waals surface area contributed by atoms with Crippen molar-refractivity contribution in [3.8, 4) is 0 Å². The van der Waals surface area contributed by atoms with Gasteiger partial charge in [0, 0.05) is 13.1 Å².